The molecule has 1 aromatic rings. The molecule has 2 heteroatoms. The molecule has 1 heterocycles. The molecule has 0 spiro atoms. The second kappa shape index (κ2) is 4.63. The zero-order valence-corrected chi connectivity index (χ0v) is 13.1. The lowest BCUT2D eigenvalue weighted by Crippen LogP contribution is -2.48. The van der Waals surface area contributed by atoms with Crippen molar-refractivity contribution >= 4 is 27.3 Å². The molecule has 0 amide bonds. The van der Waals surface area contributed by atoms with Gasteiger partial charge in [-0.15, -0.1) is 11.3 Å². The van der Waals surface area contributed by atoms with Crippen LogP contribution in [0.25, 0.3) is 0 Å². The van der Waals surface area contributed by atoms with Crippen molar-refractivity contribution in [1.82, 2.24) is 0 Å². The predicted octanol–water partition coefficient (Wildman–Crippen LogP) is 5.13. The summed E-state index contributed by atoms with van der Waals surface area (Å²) in [6.45, 7) is 0. The molecule has 0 N–H and O–H groups in total. The number of rotatable bonds is 3. The van der Waals surface area contributed by atoms with E-state index in [9.17, 15) is 0 Å². The predicted molar refractivity (Wildman–Crippen MR) is 81.3 cm³/mol. The molecule has 4 aliphatic carbocycles. The Balaban J connectivity index is 1.50. The zero-order chi connectivity index (χ0) is 12.1. The van der Waals surface area contributed by atoms with Gasteiger partial charge in [0.25, 0.3) is 0 Å². The topological polar surface area (TPSA) is 0 Å². The van der Waals surface area contributed by atoms with Gasteiger partial charge >= 0.3 is 0 Å². The van der Waals surface area contributed by atoms with Crippen molar-refractivity contribution in [2.45, 2.75) is 43.4 Å². The Labute approximate surface area is 122 Å². The molecule has 4 bridgehead atoms. The van der Waals surface area contributed by atoms with Crippen molar-refractivity contribution in [1.29, 1.82) is 0 Å². The Kier molecular flexibility index (Phi) is 3.07. The molecule has 5 rings (SSSR count). The fourth-order valence-electron chi connectivity index (χ4n) is 5.31. The van der Waals surface area contributed by atoms with Gasteiger partial charge in [0.1, 0.15) is 0 Å². The van der Waals surface area contributed by atoms with Crippen LogP contribution >= 0.6 is 27.3 Å². The summed E-state index contributed by atoms with van der Waals surface area (Å²) in [6, 6.07) is 4.49. The highest BCUT2D eigenvalue weighted by Crippen LogP contribution is 2.58. The summed E-state index contributed by atoms with van der Waals surface area (Å²) in [4.78, 5) is 2.29. The summed E-state index contributed by atoms with van der Waals surface area (Å²) in [5.41, 5.74) is 0. The summed E-state index contributed by atoms with van der Waals surface area (Å²) in [7, 11) is 0. The molecule has 18 heavy (non-hydrogen) atoms. The summed E-state index contributed by atoms with van der Waals surface area (Å²) < 4.78 is 0. The van der Waals surface area contributed by atoms with Crippen molar-refractivity contribution in [3.63, 3.8) is 0 Å². The van der Waals surface area contributed by atoms with E-state index in [4.69, 9.17) is 0 Å². The van der Waals surface area contributed by atoms with E-state index >= 15 is 0 Å². The Bertz CT molecular complexity index is 383. The van der Waals surface area contributed by atoms with Gasteiger partial charge in [-0.3, -0.25) is 0 Å². The maximum Gasteiger partial charge on any atom is 0.0227 e. The molecule has 0 radical (unpaired) electrons. The summed E-state index contributed by atoms with van der Waals surface area (Å²) in [5.74, 6) is 5.27. The highest BCUT2D eigenvalue weighted by Gasteiger charge is 2.49. The zero-order valence-electron chi connectivity index (χ0n) is 10.7. The molecule has 1 unspecified atom stereocenters. The van der Waals surface area contributed by atoms with Gasteiger partial charge in [0.2, 0.25) is 0 Å². The van der Waals surface area contributed by atoms with Gasteiger partial charge in [-0.2, -0.15) is 0 Å². The van der Waals surface area contributed by atoms with Crippen molar-refractivity contribution in [2.75, 3.05) is 0 Å². The van der Waals surface area contributed by atoms with Crippen LogP contribution in [0.4, 0.5) is 0 Å². The van der Waals surface area contributed by atoms with E-state index < -0.39 is 0 Å². The average Bonchev–Trinajstić information content (AvgIpc) is 2.80. The monoisotopic (exact) mass is 324 g/mol. The molecule has 0 nitrogen and oxygen atoms in total. The van der Waals surface area contributed by atoms with E-state index in [1.807, 2.05) is 11.3 Å². The van der Waals surface area contributed by atoms with Crippen LogP contribution in [0, 0.1) is 29.6 Å². The lowest BCUT2D eigenvalue weighted by atomic mass is 9.51. The molecule has 4 fully saturated rings. The van der Waals surface area contributed by atoms with E-state index in [-0.39, 0.29) is 0 Å². The third kappa shape index (κ3) is 2.00. The van der Waals surface area contributed by atoms with Crippen molar-refractivity contribution < 1.29 is 0 Å². The number of alkyl halides is 1. The van der Waals surface area contributed by atoms with Crippen molar-refractivity contribution in [3.8, 4) is 0 Å². The number of thiophene rings is 1. The molecular weight excluding hydrogens is 304 g/mol. The highest BCUT2D eigenvalue weighted by atomic mass is 79.9. The number of hydrogen-bond acceptors (Lipinski definition) is 1. The van der Waals surface area contributed by atoms with Crippen molar-refractivity contribution in [3.05, 3.63) is 22.4 Å². The van der Waals surface area contributed by atoms with E-state index in [1.165, 1.54) is 6.42 Å². The molecule has 0 aromatic carbocycles. The van der Waals surface area contributed by atoms with Crippen LogP contribution in [0.5, 0.6) is 0 Å². The minimum atomic E-state index is 0.728. The first-order valence-corrected chi connectivity index (χ1v) is 9.25. The minimum Gasteiger partial charge on any atom is -0.149 e. The summed E-state index contributed by atoms with van der Waals surface area (Å²) in [5, 5.41) is 2.21. The normalized spacial score (nSPS) is 43.3. The molecule has 1 atom stereocenters. The Morgan fingerprint density at radius 3 is 2.33 bits per heavy atom. The molecule has 0 saturated heterocycles. The van der Waals surface area contributed by atoms with Crippen molar-refractivity contribution in [2.24, 2.45) is 29.6 Å². The molecule has 4 aliphatic rings. The van der Waals surface area contributed by atoms with Gasteiger partial charge in [0.15, 0.2) is 0 Å². The maximum absolute atomic E-state index is 4.06. The molecular formula is C16H21BrS. The standard InChI is InChI=1S/C16H21BrS/c17-15(9-14-2-1-3-18-14)16-12-5-10-4-11(7-12)8-13(16)6-10/h1-3,10-13,15-16H,4-9H2. The molecule has 0 aliphatic heterocycles. The van der Waals surface area contributed by atoms with Gasteiger partial charge in [-0.25, -0.2) is 0 Å². The van der Waals surface area contributed by atoms with Crippen LogP contribution < -0.4 is 0 Å². The number of halogens is 1. The third-order valence-electron chi connectivity index (χ3n) is 5.69. The molecule has 98 valence electrons. The second-order valence-corrected chi connectivity index (χ2v) is 9.02. The van der Waals surface area contributed by atoms with Gasteiger partial charge in [0.05, 0.1) is 0 Å². The Morgan fingerprint density at radius 1 is 1.11 bits per heavy atom. The third-order valence-corrected chi connectivity index (χ3v) is 7.53. The molecule has 4 saturated carbocycles. The van der Waals surface area contributed by atoms with E-state index in [2.05, 4.69) is 33.4 Å². The lowest BCUT2D eigenvalue weighted by molar-refractivity contribution is -0.0359. The number of hydrogen-bond donors (Lipinski definition) is 0. The molecule has 1 aromatic heterocycles. The quantitative estimate of drug-likeness (QED) is 0.676. The lowest BCUT2D eigenvalue weighted by Gasteiger charge is -2.55. The van der Waals surface area contributed by atoms with Crippen LogP contribution in [0.3, 0.4) is 0 Å². The van der Waals surface area contributed by atoms with Crippen LogP contribution in [-0.2, 0) is 6.42 Å². The fraction of sp³-hybridized carbons (Fsp3) is 0.750. The largest absolute Gasteiger partial charge is 0.149 e. The van der Waals surface area contributed by atoms with E-state index in [1.54, 1.807) is 37.0 Å². The fourth-order valence-corrected chi connectivity index (χ4v) is 7.51. The van der Waals surface area contributed by atoms with Gasteiger partial charge in [0, 0.05) is 9.70 Å². The first-order valence-electron chi connectivity index (χ1n) is 7.46. The van der Waals surface area contributed by atoms with Crippen LogP contribution in [0.2, 0.25) is 0 Å². The second-order valence-electron chi connectivity index (χ2n) is 6.81. The van der Waals surface area contributed by atoms with Crippen LogP contribution in [-0.4, -0.2) is 4.83 Å². The highest BCUT2D eigenvalue weighted by molar-refractivity contribution is 9.09. The SMILES string of the molecule is BrC(Cc1cccs1)C1C2CC3CC(C2)CC1C3. The van der Waals surface area contributed by atoms with E-state index in [0.29, 0.717) is 0 Å². The summed E-state index contributed by atoms with van der Waals surface area (Å²) in [6.07, 6.45) is 9.01. The van der Waals surface area contributed by atoms with E-state index in [0.717, 1.165) is 34.4 Å². The van der Waals surface area contributed by atoms with Crippen LogP contribution in [0.15, 0.2) is 17.5 Å². The van der Waals surface area contributed by atoms with Gasteiger partial charge in [-0.05, 0) is 79.6 Å². The summed E-state index contributed by atoms with van der Waals surface area (Å²) >= 11 is 5.98. The maximum atomic E-state index is 4.06. The Morgan fingerprint density at radius 2 is 1.78 bits per heavy atom. The minimum absolute atomic E-state index is 0.728. The van der Waals surface area contributed by atoms with Gasteiger partial charge < -0.3 is 0 Å². The first-order chi connectivity index (χ1) is 8.79. The smallest absolute Gasteiger partial charge is 0.0227 e. The Hall–Kier alpha value is 0.180. The van der Waals surface area contributed by atoms with Crippen LogP contribution in [0.1, 0.15) is 37.0 Å². The average molecular weight is 325 g/mol. The first kappa shape index (κ1) is 12.0. The van der Waals surface area contributed by atoms with Gasteiger partial charge in [-0.1, -0.05) is 22.0 Å².